The second kappa shape index (κ2) is 6.86. The van der Waals surface area contributed by atoms with E-state index >= 15 is 0 Å². The average molecular weight is 269 g/mol. The fraction of sp³-hybridized carbons (Fsp3) is 0.846. The van der Waals surface area contributed by atoms with Gasteiger partial charge in [0.2, 0.25) is 11.8 Å². The molecule has 0 aromatic heterocycles. The van der Waals surface area contributed by atoms with Gasteiger partial charge in [-0.15, -0.1) is 0 Å². The first-order chi connectivity index (χ1) is 9.15. The minimum absolute atomic E-state index is 0.0712. The predicted octanol–water partition coefficient (Wildman–Crippen LogP) is -0.650. The molecule has 1 aliphatic carbocycles. The fourth-order valence-corrected chi connectivity index (χ4v) is 2.14. The van der Waals surface area contributed by atoms with E-state index in [-0.39, 0.29) is 17.9 Å². The Bertz CT molecular complexity index is 331. The molecule has 1 heterocycles. The van der Waals surface area contributed by atoms with E-state index in [1.54, 1.807) is 0 Å². The van der Waals surface area contributed by atoms with Crippen LogP contribution in [0.25, 0.3) is 0 Å². The summed E-state index contributed by atoms with van der Waals surface area (Å²) in [6, 6.07) is 0. The van der Waals surface area contributed by atoms with Crippen LogP contribution in [0.2, 0.25) is 0 Å². The molecule has 1 atom stereocenters. The second-order valence-corrected chi connectivity index (χ2v) is 5.34. The van der Waals surface area contributed by atoms with Crippen molar-refractivity contribution in [3.8, 4) is 0 Å². The van der Waals surface area contributed by atoms with Crippen molar-refractivity contribution < 1.29 is 14.3 Å². The summed E-state index contributed by atoms with van der Waals surface area (Å²) in [7, 11) is 0. The number of hydrogen-bond acceptors (Lipinski definition) is 4. The molecule has 2 rings (SSSR count). The zero-order valence-electron chi connectivity index (χ0n) is 11.5. The Morgan fingerprint density at radius 3 is 2.79 bits per heavy atom. The third-order valence-corrected chi connectivity index (χ3v) is 3.48. The number of amides is 2. The molecule has 108 valence electrons. The molecule has 0 bridgehead atoms. The third kappa shape index (κ3) is 5.16. The molecule has 2 aliphatic rings. The number of nitrogens with one attached hydrogen (secondary N) is 2. The van der Waals surface area contributed by atoms with E-state index in [4.69, 9.17) is 4.74 Å². The van der Waals surface area contributed by atoms with E-state index in [1.165, 1.54) is 19.8 Å². The van der Waals surface area contributed by atoms with Crippen LogP contribution in [0.3, 0.4) is 0 Å². The molecular formula is C13H23N3O3. The van der Waals surface area contributed by atoms with E-state index in [0.717, 1.165) is 12.5 Å². The molecule has 0 spiro atoms. The predicted molar refractivity (Wildman–Crippen MR) is 70.6 cm³/mol. The SMILES string of the molecule is CC(=O)NCC1CN(C(=O)CNCC2CC2)CCO1. The lowest BCUT2D eigenvalue weighted by atomic mass is 10.2. The number of carbonyl (C=O) groups excluding carboxylic acids is 2. The van der Waals surface area contributed by atoms with Gasteiger partial charge in [-0.3, -0.25) is 9.59 Å². The Hall–Kier alpha value is -1.14. The quantitative estimate of drug-likeness (QED) is 0.672. The fourth-order valence-electron chi connectivity index (χ4n) is 2.14. The normalized spacial score (nSPS) is 23.2. The summed E-state index contributed by atoms with van der Waals surface area (Å²) >= 11 is 0. The van der Waals surface area contributed by atoms with E-state index in [9.17, 15) is 9.59 Å². The summed E-state index contributed by atoms with van der Waals surface area (Å²) in [4.78, 5) is 24.7. The number of morpholine rings is 1. The monoisotopic (exact) mass is 269 g/mol. The topological polar surface area (TPSA) is 70.7 Å². The van der Waals surface area contributed by atoms with Gasteiger partial charge >= 0.3 is 0 Å². The molecule has 1 unspecified atom stereocenters. The van der Waals surface area contributed by atoms with Crippen LogP contribution in [0.5, 0.6) is 0 Å². The lowest BCUT2D eigenvalue weighted by Gasteiger charge is -2.33. The summed E-state index contributed by atoms with van der Waals surface area (Å²) in [6.45, 7) is 5.04. The maximum Gasteiger partial charge on any atom is 0.236 e. The molecule has 6 heteroatoms. The van der Waals surface area contributed by atoms with Crippen molar-refractivity contribution in [3.05, 3.63) is 0 Å². The van der Waals surface area contributed by atoms with Gasteiger partial charge in [0, 0.05) is 26.6 Å². The second-order valence-electron chi connectivity index (χ2n) is 5.34. The van der Waals surface area contributed by atoms with Crippen molar-refractivity contribution >= 4 is 11.8 Å². The Balaban J connectivity index is 1.66. The van der Waals surface area contributed by atoms with E-state index < -0.39 is 0 Å². The first-order valence-electron chi connectivity index (χ1n) is 6.99. The highest BCUT2D eigenvalue weighted by atomic mass is 16.5. The lowest BCUT2D eigenvalue weighted by Crippen LogP contribution is -2.51. The van der Waals surface area contributed by atoms with Crippen molar-refractivity contribution in [1.29, 1.82) is 0 Å². The molecular weight excluding hydrogens is 246 g/mol. The highest BCUT2D eigenvalue weighted by molar-refractivity contribution is 5.78. The van der Waals surface area contributed by atoms with Crippen LogP contribution < -0.4 is 10.6 Å². The van der Waals surface area contributed by atoms with Crippen LogP contribution in [-0.2, 0) is 14.3 Å². The lowest BCUT2D eigenvalue weighted by molar-refractivity contribution is -0.137. The Morgan fingerprint density at radius 2 is 2.11 bits per heavy atom. The van der Waals surface area contributed by atoms with Gasteiger partial charge in [0.15, 0.2) is 0 Å². The van der Waals surface area contributed by atoms with Crippen molar-refractivity contribution in [2.45, 2.75) is 25.9 Å². The molecule has 0 radical (unpaired) electrons. The van der Waals surface area contributed by atoms with E-state index in [0.29, 0.717) is 32.8 Å². The maximum absolute atomic E-state index is 12.0. The van der Waals surface area contributed by atoms with E-state index in [1.807, 2.05) is 4.90 Å². The first kappa shape index (κ1) is 14.3. The standard InChI is InChI=1S/C13H23N3O3/c1-10(17)15-7-12-9-16(4-5-19-12)13(18)8-14-6-11-2-3-11/h11-12,14H,2-9H2,1H3,(H,15,17). The summed E-state index contributed by atoms with van der Waals surface area (Å²) in [6.07, 6.45) is 2.49. The Kier molecular flexibility index (Phi) is 5.15. The van der Waals surface area contributed by atoms with Gasteiger partial charge in [0.05, 0.1) is 19.3 Å². The van der Waals surface area contributed by atoms with Crippen molar-refractivity contribution in [1.82, 2.24) is 15.5 Å². The molecule has 2 amide bonds. The van der Waals surface area contributed by atoms with Crippen LogP contribution in [0.1, 0.15) is 19.8 Å². The average Bonchev–Trinajstić information content (AvgIpc) is 3.21. The maximum atomic E-state index is 12.0. The Labute approximate surface area is 113 Å². The number of rotatable bonds is 6. The van der Waals surface area contributed by atoms with Crippen molar-refractivity contribution in [2.24, 2.45) is 5.92 Å². The Morgan fingerprint density at radius 1 is 1.32 bits per heavy atom. The zero-order chi connectivity index (χ0) is 13.7. The van der Waals surface area contributed by atoms with Gasteiger partial charge in [0.1, 0.15) is 0 Å². The highest BCUT2D eigenvalue weighted by Crippen LogP contribution is 2.27. The molecule has 2 fully saturated rings. The van der Waals surface area contributed by atoms with Crippen LogP contribution >= 0.6 is 0 Å². The largest absolute Gasteiger partial charge is 0.373 e. The van der Waals surface area contributed by atoms with Gasteiger partial charge in [-0.05, 0) is 25.3 Å². The molecule has 2 N–H and O–H groups in total. The van der Waals surface area contributed by atoms with Crippen LogP contribution in [0.4, 0.5) is 0 Å². The summed E-state index contributed by atoms with van der Waals surface area (Å²) in [5.41, 5.74) is 0. The number of ether oxygens (including phenoxy) is 1. The van der Waals surface area contributed by atoms with Crippen molar-refractivity contribution in [3.63, 3.8) is 0 Å². The summed E-state index contributed by atoms with van der Waals surface area (Å²) < 4.78 is 5.53. The third-order valence-electron chi connectivity index (χ3n) is 3.48. The highest BCUT2D eigenvalue weighted by Gasteiger charge is 2.25. The number of carbonyl (C=O) groups is 2. The molecule has 0 aromatic rings. The van der Waals surface area contributed by atoms with E-state index in [2.05, 4.69) is 10.6 Å². The minimum atomic E-state index is -0.0926. The van der Waals surface area contributed by atoms with Crippen LogP contribution in [0.15, 0.2) is 0 Å². The zero-order valence-corrected chi connectivity index (χ0v) is 11.5. The molecule has 0 aromatic carbocycles. The molecule has 1 saturated carbocycles. The van der Waals surface area contributed by atoms with Gasteiger partial charge in [0.25, 0.3) is 0 Å². The van der Waals surface area contributed by atoms with Gasteiger partial charge in [-0.1, -0.05) is 0 Å². The summed E-state index contributed by atoms with van der Waals surface area (Å²) in [5, 5.41) is 5.93. The first-order valence-corrected chi connectivity index (χ1v) is 6.99. The van der Waals surface area contributed by atoms with Gasteiger partial charge in [-0.25, -0.2) is 0 Å². The van der Waals surface area contributed by atoms with Gasteiger partial charge in [-0.2, -0.15) is 0 Å². The van der Waals surface area contributed by atoms with Crippen LogP contribution in [0, 0.1) is 5.92 Å². The molecule has 1 aliphatic heterocycles. The van der Waals surface area contributed by atoms with Crippen molar-refractivity contribution in [2.75, 3.05) is 39.3 Å². The van der Waals surface area contributed by atoms with Crippen LogP contribution in [-0.4, -0.2) is 62.1 Å². The molecule has 6 nitrogen and oxygen atoms in total. The molecule has 19 heavy (non-hydrogen) atoms. The minimum Gasteiger partial charge on any atom is -0.373 e. The molecule has 1 saturated heterocycles. The van der Waals surface area contributed by atoms with Gasteiger partial charge < -0.3 is 20.3 Å². The smallest absolute Gasteiger partial charge is 0.236 e. The number of nitrogens with zero attached hydrogens (tertiary/aromatic N) is 1. The summed E-state index contributed by atoms with van der Waals surface area (Å²) in [5.74, 6) is 0.833. The number of hydrogen-bond donors (Lipinski definition) is 2.